The van der Waals surface area contributed by atoms with Crippen molar-refractivity contribution in [2.24, 2.45) is 11.8 Å². The molecular formula is C25H26ClF3N4O4. The van der Waals surface area contributed by atoms with Gasteiger partial charge in [-0.25, -0.2) is 4.79 Å². The molecule has 1 aromatic carbocycles. The summed E-state index contributed by atoms with van der Waals surface area (Å²) < 4.78 is 38.3. The molecule has 0 radical (unpaired) electrons. The number of piperidine rings is 1. The molecule has 2 aromatic rings. The third-order valence-electron chi connectivity index (χ3n) is 7.01. The molecule has 2 saturated heterocycles. The summed E-state index contributed by atoms with van der Waals surface area (Å²) in [6.07, 6.45) is -4.17. The molecule has 2 N–H and O–H groups in total. The Bertz CT molecular complexity index is 1140. The molecule has 4 rings (SSSR count). The maximum absolute atomic E-state index is 13.3. The molecule has 2 fully saturated rings. The first-order valence-electron chi connectivity index (χ1n) is 11.9. The van der Waals surface area contributed by atoms with Crippen LogP contribution in [0.1, 0.15) is 40.4 Å². The van der Waals surface area contributed by atoms with Crippen molar-refractivity contribution in [2.45, 2.75) is 24.9 Å². The first-order valence-corrected chi connectivity index (χ1v) is 12.2. The van der Waals surface area contributed by atoms with Crippen LogP contribution in [0, 0.1) is 11.8 Å². The van der Waals surface area contributed by atoms with Crippen molar-refractivity contribution in [3.8, 4) is 0 Å². The van der Waals surface area contributed by atoms with E-state index in [-0.39, 0.29) is 49.0 Å². The topological polar surface area (TPSA) is 103 Å². The van der Waals surface area contributed by atoms with E-state index >= 15 is 0 Å². The molecule has 37 heavy (non-hydrogen) atoms. The number of aromatic nitrogens is 1. The van der Waals surface area contributed by atoms with E-state index in [4.69, 9.17) is 16.7 Å². The Morgan fingerprint density at radius 1 is 1.03 bits per heavy atom. The van der Waals surface area contributed by atoms with Crippen molar-refractivity contribution < 1.29 is 32.7 Å². The number of amides is 3. The molecule has 0 bridgehead atoms. The van der Waals surface area contributed by atoms with Crippen molar-refractivity contribution in [1.29, 1.82) is 0 Å². The number of carbonyl (C=O) groups is 3. The summed E-state index contributed by atoms with van der Waals surface area (Å²) in [5.41, 5.74) is -0.0222. The van der Waals surface area contributed by atoms with Gasteiger partial charge in [0.1, 0.15) is 5.69 Å². The lowest BCUT2D eigenvalue weighted by atomic mass is 9.89. The Labute approximate surface area is 216 Å². The van der Waals surface area contributed by atoms with Gasteiger partial charge in [-0.3, -0.25) is 14.6 Å². The highest BCUT2D eigenvalue weighted by molar-refractivity contribution is 6.30. The number of nitrogens with zero attached hydrogens (tertiary/aromatic N) is 3. The molecular weight excluding hydrogens is 513 g/mol. The Balaban J connectivity index is 1.37. The van der Waals surface area contributed by atoms with E-state index < -0.39 is 23.7 Å². The Morgan fingerprint density at radius 3 is 2.27 bits per heavy atom. The van der Waals surface area contributed by atoms with Crippen molar-refractivity contribution >= 4 is 29.5 Å². The van der Waals surface area contributed by atoms with E-state index in [9.17, 15) is 27.6 Å². The van der Waals surface area contributed by atoms with Crippen molar-refractivity contribution in [3.05, 3.63) is 64.4 Å². The highest BCUT2D eigenvalue weighted by Crippen LogP contribution is 2.35. The Morgan fingerprint density at radius 2 is 1.70 bits per heavy atom. The zero-order chi connectivity index (χ0) is 26.7. The summed E-state index contributed by atoms with van der Waals surface area (Å²) in [6.45, 7) is 1.63. The molecule has 2 aliphatic rings. The average molecular weight is 539 g/mol. The van der Waals surface area contributed by atoms with E-state index in [2.05, 4.69) is 10.3 Å². The fourth-order valence-electron chi connectivity index (χ4n) is 5.00. The van der Waals surface area contributed by atoms with Crippen LogP contribution in [0.25, 0.3) is 0 Å². The van der Waals surface area contributed by atoms with Crippen LogP contribution < -0.4 is 5.32 Å². The van der Waals surface area contributed by atoms with Gasteiger partial charge < -0.3 is 20.2 Å². The summed E-state index contributed by atoms with van der Waals surface area (Å²) >= 11 is 6.00. The molecule has 0 spiro atoms. The summed E-state index contributed by atoms with van der Waals surface area (Å²) in [6, 6.07) is 9.19. The fourth-order valence-corrected chi connectivity index (χ4v) is 5.13. The minimum absolute atomic E-state index is 0.0449. The number of rotatable bonds is 5. The number of hydrogen-bond donors (Lipinski definition) is 2. The number of carbonyl (C=O) groups excluding carboxylic acids is 2. The highest BCUT2D eigenvalue weighted by Gasteiger charge is 2.39. The predicted octanol–water partition coefficient (Wildman–Crippen LogP) is 4.12. The van der Waals surface area contributed by atoms with Crippen LogP contribution in [0.2, 0.25) is 5.02 Å². The average Bonchev–Trinajstić information content (AvgIpc) is 3.31. The normalized spacial score (nSPS) is 20.6. The first kappa shape index (κ1) is 26.7. The van der Waals surface area contributed by atoms with Crippen LogP contribution in [-0.4, -0.2) is 70.5 Å². The van der Waals surface area contributed by atoms with Crippen LogP contribution in [0.5, 0.6) is 0 Å². The maximum Gasteiger partial charge on any atom is 0.417 e. The van der Waals surface area contributed by atoms with Crippen LogP contribution in [-0.2, 0) is 11.0 Å². The van der Waals surface area contributed by atoms with Gasteiger partial charge in [-0.1, -0.05) is 23.7 Å². The quantitative estimate of drug-likeness (QED) is 0.596. The fraction of sp³-hybridized carbons (Fsp3) is 0.440. The van der Waals surface area contributed by atoms with Gasteiger partial charge in [-0.2, -0.15) is 13.2 Å². The Kier molecular flexibility index (Phi) is 7.91. The number of halogens is 4. The van der Waals surface area contributed by atoms with Gasteiger partial charge in [0.15, 0.2) is 0 Å². The van der Waals surface area contributed by atoms with Crippen LogP contribution in [0.4, 0.5) is 18.0 Å². The lowest BCUT2D eigenvalue weighted by Gasteiger charge is -2.33. The van der Waals surface area contributed by atoms with Gasteiger partial charge in [0.05, 0.1) is 5.56 Å². The monoisotopic (exact) mass is 538 g/mol. The van der Waals surface area contributed by atoms with Gasteiger partial charge in [-0.05, 0) is 42.7 Å². The van der Waals surface area contributed by atoms with Crippen molar-refractivity contribution in [2.75, 3.05) is 32.7 Å². The zero-order valence-electron chi connectivity index (χ0n) is 19.7. The SMILES string of the molecule is O=C(O)NC[C@H]1CN(C(=O)C2CCN(C(=O)c3ccc(C(F)(F)F)cn3)CC2)C[C@H]1c1ccc(Cl)cc1. The maximum atomic E-state index is 13.3. The molecule has 1 aromatic heterocycles. The Hall–Kier alpha value is -3.34. The predicted molar refractivity (Wildman–Crippen MR) is 128 cm³/mol. The van der Waals surface area contributed by atoms with Crippen molar-refractivity contribution in [3.63, 3.8) is 0 Å². The number of carboxylic acid groups (broad SMARTS) is 1. The first-order chi connectivity index (χ1) is 17.5. The highest BCUT2D eigenvalue weighted by atomic mass is 35.5. The lowest BCUT2D eigenvalue weighted by Crippen LogP contribution is -2.44. The summed E-state index contributed by atoms with van der Waals surface area (Å²) in [5.74, 6) is -0.976. The molecule has 2 aliphatic heterocycles. The summed E-state index contributed by atoms with van der Waals surface area (Å²) in [4.78, 5) is 44.0. The van der Waals surface area contributed by atoms with Gasteiger partial charge in [0.2, 0.25) is 5.91 Å². The van der Waals surface area contributed by atoms with Crippen LogP contribution >= 0.6 is 11.6 Å². The molecule has 3 heterocycles. The number of alkyl halides is 3. The van der Waals surface area contributed by atoms with E-state index in [1.165, 1.54) is 4.90 Å². The van der Waals surface area contributed by atoms with Crippen molar-refractivity contribution in [1.82, 2.24) is 20.1 Å². The van der Waals surface area contributed by atoms with Gasteiger partial charge >= 0.3 is 12.3 Å². The second-order valence-electron chi connectivity index (χ2n) is 9.34. The van der Waals surface area contributed by atoms with Gasteiger partial charge in [-0.15, -0.1) is 0 Å². The minimum Gasteiger partial charge on any atom is -0.465 e. The molecule has 0 unspecified atom stereocenters. The smallest absolute Gasteiger partial charge is 0.417 e. The van der Waals surface area contributed by atoms with Crippen LogP contribution in [0.15, 0.2) is 42.6 Å². The zero-order valence-corrected chi connectivity index (χ0v) is 20.5. The second-order valence-corrected chi connectivity index (χ2v) is 9.78. The lowest BCUT2D eigenvalue weighted by molar-refractivity contribution is -0.138. The van der Waals surface area contributed by atoms with Gasteiger partial charge in [0, 0.05) is 61.7 Å². The largest absolute Gasteiger partial charge is 0.465 e. The van der Waals surface area contributed by atoms with E-state index in [1.54, 1.807) is 17.0 Å². The van der Waals surface area contributed by atoms with E-state index in [0.717, 1.165) is 17.7 Å². The molecule has 0 saturated carbocycles. The molecule has 0 aliphatic carbocycles. The minimum atomic E-state index is -4.53. The third-order valence-corrected chi connectivity index (χ3v) is 7.26. The third kappa shape index (κ3) is 6.33. The summed E-state index contributed by atoms with van der Waals surface area (Å²) in [5, 5.41) is 12.1. The number of nitrogens with one attached hydrogen (secondary N) is 1. The van der Waals surface area contributed by atoms with Gasteiger partial charge in [0.25, 0.3) is 5.91 Å². The summed E-state index contributed by atoms with van der Waals surface area (Å²) in [7, 11) is 0. The van der Waals surface area contributed by atoms with E-state index in [0.29, 0.717) is 37.2 Å². The standard InChI is InChI=1S/C25H26ClF3N4O4/c26-19-4-1-15(2-5-19)20-14-33(13-17(20)11-31-24(36)37)22(34)16-7-9-32(10-8-16)23(35)21-6-3-18(12-30-21)25(27,28)29/h1-6,12,16-17,20,31H,7-11,13-14H2,(H,36,37)/t17-,20-/m0/s1. The molecule has 12 heteroatoms. The second kappa shape index (κ2) is 11.0. The molecule has 2 atom stereocenters. The number of benzene rings is 1. The van der Waals surface area contributed by atoms with E-state index in [1.807, 2.05) is 12.1 Å². The number of pyridine rings is 1. The number of hydrogen-bond acceptors (Lipinski definition) is 4. The van der Waals surface area contributed by atoms with Crippen LogP contribution in [0.3, 0.4) is 0 Å². The molecule has 8 nitrogen and oxygen atoms in total. The molecule has 198 valence electrons. The molecule has 3 amide bonds. The number of likely N-dealkylation sites (tertiary alicyclic amines) is 2.